The summed E-state index contributed by atoms with van der Waals surface area (Å²) in [5.74, 6) is -0.0886. The molecule has 0 aliphatic heterocycles. The summed E-state index contributed by atoms with van der Waals surface area (Å²) in [6.07, 6.45) is 0. The van der Waals surface area contributed by atoms with Crippen molar-refractivity contribution in [2.24, 2.45) is 0 Å². The maximum Gasteiger partial charge on any atom is 0.264 e. The van der Waals surface area contributed by atoms with Crippen LogP contribution in [0.5, 0.6) is 0 Å². The highest BCUT2D eigenvalue weighted by molar-refractivity contribution is 7.92. The van der Waals surface area contributed by atoms with Gasteiger partial charge in [0.25, 0.3) is 10.0 Å². The highest BCUT2D eigenvalue weighted by Gasteiger charge is 2.23. The predicted octanol–water partition coefficient (Wildman–Crippen LogP) is 3.10. The van der Waals surface area contributed by atoms with Gasteiger partial charge in [-0.25, -0.2) is 8.42 Å². The zero-order chi connectivity index (χ0) is 15.5. The molecule has 0 aromatic heterocycles. The molecule has 110 valence electrons. The summed E-state index contributed by atoms with van der Waals surface area (Å²) in [7, 11) is -3.62. The third-order valence-corrected chi connectivity index (χ3v) is 5.10. The molecule has 4 nitrogen and oxygen atoms in total. The van der Waals surface area contributed by atoms with Crippen molar-refractivity contribution in [3.05, 3.63) is 60.2 Å². The van der Waals surface area contributed by atoms with Crippen LogP contribution >= 0.6 is 0 Å². The van der Waals surface area contributed by atoms with E-state index in [0.29, 0.717) is 17.8 Å². The molecule has 0 unspecified atom stereocenters. The predicted molar refractivity (Wildman–Crippen MR) is 83.1 cm³/mol. The molecule has 0 saturated carbocycles. The molecule has 0 aliphatic rings. The van der Waals surface area contributed by atoms with Crippen LogP contribution in [0.15, 0.2) is 59.5 Å². The zero-order valence-electron chi connectivity index (χ0n) is 12.0. The van der Waals surface area contributed by atoms with Gasteiger partial charge in [-0.1, -0.05) is 30.3 Å². The average Bonchev–Trinajstić information content (AvgIpc) is 2.49. The topological polar surface area (TPSA) is 54.5 Å². The monoisotopic (exact) mass is 303 g/mol. The Balaban J connectivity index is 2.42. The molecule has 0 atom stereocenters. The zero-order valence-corrected chi connectivity index (χ0v) is 12.8. The van der Waals surface area contributed by atoms with Crippen molar-refractivity contribution in [3.8, 4) is 0 Å². The Hall–Kier alpha value is -2.14. The second-order valence-electron chi connectivity index (χ2n) is 4.59. The summed E-state index contributed by atoms with van der Waals surface area (Å²) in [6.45, 7) is 3.57. The molecule has 0 N–H and O–H groups in total. The molecule has 0 heterocycles. The van der Waals surface area contributed by atoms with E-state index in [4.69, 9.17) is 0 Å². The Kier molecular flexibility index (Phi) is 4.43. The van der Waals surface area contributed by atoms with Crippen LogP contribution in [0.4, 0.5) is 5.69 Å². The first kappa shape index (κ1) is 15.3. The van der Waals surface area contributed by atoms with Crippen LogP contribution in [0.2, 0.25) is 0 Å². The fourth-order valence-electron chi connectivity index (χ4n) is 2.07. The lowest BCUT2D eigenvalue weighted by Crippen LogP contribution is -2.30. The van der Waals surface area contributed by atoms with E-state index in [1.165, 1.54) is 35.5 Å². The molecule has 0 saturated heterocycles. The second-order valence-corrected chi connectivity index (χ2v) is 6.45. The highest BCUT2D eigenvalue weighted by Crippen LogP contribution is 2.23. The largest absolute Gasteiger partial charge is 0.295 e. The number of ketones is 1. The number of carbonyl (C=O) groups is 1. The molecule has 2 aromatic rings. The van der Waals surface area contributed by atoms with Crippen molar-refractivity contribution in [2.45, 2.75) is 18.7 Å². The van der Waals surface area contributed by atoms with Gasteiger partial charge >= 0.3 is 0 Å². The summed E-state index contributed by atoms with van der Waals surface area (Å²) in [6, 6.07) is 15.0. The number of rotatable bonds is 5. The SMILES string of the molecule is CCN(c1ccccc1)S(=O)(=O)c1ccc(C(C)=O)cc1. The first-order valence-corrected chi connectivity index (χ1v) is 8.09. The van der Waals surface area contributed by atoms with Crippen LogP contribution in [0, 0.1) is 0 Å². The van der Waals surface area contributed by atoms with E-state index in [-0.39, 0.29) is 10.7 Å². The lowest BCUT2D eigenvalue weighted by atomic mass is 10.2. The number of hydrogen-bond acceptors (Lipinski definition) is 3. The van der Waals surface area contributed by atoms with Gasteiger partial charge in [-0.2, -0.15) is 0 Å². The first-order chi connectivity index (χ1) is 9.96. The molecule has 0 radical (unpaired) electrons. The minimum absolute atomic E-state index is 0.0886. The minimum atomic E-state index is -3.62. The van der Waals surface area contributed by atoms with Gasteiger partial charge in [-0.15, -0.1) is 0 Å². The third kappa shape index (κ3) is 3.13. The molecule has 2 rings (SSSR count). The lowest BCUT2D eigenvalue weighted by molar-refractivity contribution is 0.101. The smallest absolute Gasteiger partial charge is 0.264 e. The number of Topliss-reactive ketones (excluding diaryl/α,β-unsaturated/α-hetero) is 1. The van der Waals surface area contributed by atoms with Crippen molar-refractivity contribution in [3.63, 3.8) is 0 Å². The van der Waals surface area contributed by atoms with Crippen LogP contribution in [-0.2, 0) is 10.0 Å². The van der Waals surface area contributed by atoms with Gasteiger partial charge in [0.1, 0.15) is 0 Å². The van der Waals surface area contributed by atoms with Crippen molar-refractivity contribution >= 4 is 21.5 Å². The second kappa shape index (κ2) is 6.10. The Bertz CT molecular complexity index is 722. The fraction of sp³-hybridized carbons (Fsp3) is 0.188. The number of para-hydroxylation sites is 1. The summed E-state index contributed by atoms with van der Waals surface area (Å²) >= 11 is 0. The molecule has 2 aromatic carbocycles. The van der Waals surface area contributed by atoms with Crippen molar-refractivity contribution in [1.29, 1.82) is 0 Å². The molecular weight excluding hydrogens is 286 g/mol. The van der Waals surface area contributed by atoms with Gasteiger partial charge < -0.3 is 0 Å². The molecule has 21 heavy (non-hydrogen) atoms. The van der Waals surface area contributed by atoms with Gasteiger partial charge in [0.2, 0.25) is 0 Å². The maximum absolute atomic E-state index is 12.7. The Morgan fingerprint density at radius 3 is 2.05 bits per heavy atom. The van der Waals surface area contributed by atoms with E-state index in [1.54, 1.807) is 31.2 Å². The number of carbonyl (C=O) groups excluding carboxylic acids is 1. The van der Waals surface area contributed by atoms with Crippen molar-refractivity contribution < 1.29 is 13.2 Å². The number of hydrogen-bond donors (Lipinski definition) is 0. The molecule has 0 amide bonds. The molecule has 0 aliphatic carbocycles. The first-order valence-electron chi connectivity index (χ1n) is 6.65. The van der Waals surface area contributed by atoms with Gasteiger partial charge in [0.15, 0.2) is 5.78 Å². The molecular formula is C16H17NO3S. The van der Waals surface area contributed by atoms with Crippen LogP contribution in [0.1, 0.15) is 24.2 Å². The Morgan fingerprint density at radius 1 is 1.00 bits per heavy atom. The lowest BCUT2D eigenvalue weighted by Gasteiger charge is -2.22. The molecule has 0 fully saturated rings. The van der Waals surface area contributed by atoms with E-state index in [9.17, 15) is 13.2 Å². The van der Waals surface area contributed by atoms with E-state index in [1.807, 2.05) is 6.07 Å². The summed E-state index contributed by atoms with van der Waals surface area (Å²) in [4.78, 5) is 11.4. The van der Waals surface area contributed by atoms with Crippen molar-refractivity contribution in [1.82, 2.24) is 0 Å². The fourth-order valence-corrected chi connectivity index (χ4v) is 3.55. The highest BCUT2D eigenvalue weighted by atomic mass is 32.2. The molecule has 0 bridgehead atoms. The van der Waals surface area contributed by atoms with E-state index in [2.05, 4.69) is 0 Å². The number of anilines is 1. The van der Waals surface area contributed by atoms with Crippen LogP contribution in [0.25, 0.3) is 0 Å². The number of benzene rings is 2. The quantitative estimate of drug-likeness (QED) is 0.798. The van der Waals surface area contributed by atoms with E-state index in [0.717, 1.165) is 0 Å². The van der Waals surface area contributed by atoms with Crippen LogP contribution in [-0.4, -0.2) is 20.7 Å². The molecule has 5 heteroatoms. The summed E-state index contributed by atoms with van der Waals surface area (Å²) < 4.78 is 26.7. The van der Waals surface area contributed by atoms with Crippen LogP contribution < -0.4 is 4.31 Å². The van der Waals surface area contributed by atoms with Gasteiger partial charge in [0.05, 0.1) is 10.6 Å². The summed E-state index contributed by atoms with van der Waals surface area (Å²) in [5, 5.41) is 0. The Morgan fingerprint density at radius 2 is 1.57 bits per heavy atom. The number of sulfonamides is 1. The average molecular weight is 303 g/mol. The third-order valence-electron chi connectivity index (χ3n) is 3.18. The van der Waals surface area contributed by atoms with Crippen LogP contribution in [0.3, 0.4) is 0 Å². The molecule has 0 spiro atoms. The van der Waals surface area contributed by atoms with Gasteiger partial charge in [-0.05, 0) is 38.1 Å². The Labute approximate surface area is 125 Å². The van der Waals surface area contributed by atoms with Gasteiger partial charge in [0, 0.05) is 12.1 Å². The summed E-state index contributed by atoms with van der Waals surface area (Å²) in [5.41, 5.74) is 1.12. The minimum Gasteiger partial charge on any atom is -0.295 e. The van der Waals surface area contributed by atoms with E-state index >= 15 is 0 Å². The number of nitrogens with zero attached hydrogens (tertiary/aromatic N) is 1. The van der Waals surface area contributed by atoms with Crippen molar-refractivity contribution in [2.75, 3.05) is 10.8 Å². The maximum atomic E-state index is 12.7. The standard InChI is InChI=1S/C16H17NO3S/c1-3-17(15-7-5-4-6-8-15)21(19,20)16-11-9-14(10-12-16)13(2)18/h4-12H,3H2,1-2H3. The van der Waals surface area contributed by atoms with Gasteiger partial charge in [-0.3, -0.25) is 9.10 Å². The van der Waals surface area contributed by atoms with E-state index < -0.39 is 10.0 Å². The normalized spacial score (nSPS) is 11.1.